The number of alkyl halides is 3. The van der Waals surface area contributed by atoms with Gasteiger partial charge in [-0.25, -0.2) is 0 Å². The molecule has 0 aliphatic carbocycles. The molecule has 0 saturated carbocycles. The number of benzene rings is 1. The summed E-state index contributed by atoms with van der Waals surface area (Å²) in [4.78, 5) is 11.9. The van der Waals surface area contributed by atoms with Crippen molar-refractivity contribution in [2.75, 3.05) is 0 Å². The van der Waals surface area contributed by atoms with Crippen molar-refractivity contribution in [2.45, 2.75) is 32.0 Å². The maximum absolute atomic E-state index is 12.4. The normalized spacial score (nSPS) is 13.8. The van der Waals surface area contributed by atoms with E-state index in [4.69, 9.17) is 10.9 Å². The molecule has 1 atom stereocenters. The minimum absolute atomic E-state index is 0.0647. The van der Waals surface area contributed by atoms with E-state index in [-0.39, 0.29) is 11.4 Å². The zero-order valence-electron chi connectivity index (χ0n) is 11.3. The zero-order chi connectivity index (χ0) is 16.0. The molecule has 8 heteroatoms. The molecule has 5 nitrogen and oxygen atoms in total. The predicted molar refractivity (Wildman–Crippen MR) is 71.0 cm³/mol. The lowest BCUT2D eigenvalue weighted by molar-refractivity contribution is -0.137. The van der Waals surface area contributed by atoms with Crippen LogP contribution in [0.4, 0.5) is 13.2 Å². The molecule has 0 aliphatic heterocycles. The van der Waals surface area contributed by atoms with Crippen molar-refractivity contribution in [1.29, 1.82) is 0 Å². The van der Waals surface area contributed by atoms with Crippen LogP contribution in [-0.2, 0) is 6.18 Å². The minimum Gasteiger partial charge on any atom is -0.409 e. The Balaban J connectivity index is 2.83. The molecule has 1 aromatic rings. The first-order valence-electron chi connectivity index (χ1n) is 6.25. The summed E-state index contributed by atoms with van der Waals surface area (Å²) >= 11 is 0. The van der Waals surface area contributed by atoms with Gasteiger partial charge in [0.25, 0.3) is 5.91 Å². The molecule has 1 amide bonds. The smallest absolute Gasteiger partial charge is 0.409 e. The van der Waals surface area contributed by atoms with E-state index in [2.05, 4.69) is 10.5 Å². The highest BCUT2D eigenvalue weighted by molar-refractivity contribution is 5.98. The van der Waals surface area contributed by atoms with Crippen LogP contribution in [0.5, 0.6) is 0 Å². The molecule has 1 rings (SSSR count). The van der Waals surface area contributed by atoms with Gasteiger partial charge >= 0.3 is 6.18 Å². The fourth-order valence-electron chi connectivity index (χ4n) is 1.70. The molecule has 0 aromatic heterocycles. The third-order valence-electron chi connectivity index (χ3n) is 2.83. The number of carbonyl (C=O) groups is 1. The molecule has 0 saturated heterocycles. The number of amidine groups is 1. The fraction of sp³-hybridized carbons (Fsp3) is 0.385. The van der Waals surface area contributed by atoms with E-state index < -0.39 is 23.7 Å². The van der Waals surface area contributed by atoms with E-state index in [0.717, 1.165) is 24.3 Å². The first-order valence-corrected chi connectivity index (χ1v) is 6.25. The standard InChI is InChI=1S/C13H16F3N3O2/c1-2-3-10(11(17)19-21)18-12(20)8-4-6-9(7-5-8)13(14,15)16/h4-7,10,21H,2-3H2,1H3,(H2,17,19)(H,18,20). The van der Waals surface area contributed by atoms with E-state index in [1.165, 1.54) is 0 Å². The molecule has 0 radical (unpaired) electrons. The van der Waals surface area contributed by atoms with Gasteiger partial charge in [-0.3, -0.25) is 4.79 Å². The predicted octanol–water partition coefficient (Wildman–Crippen LogP) is 2.35. The van der Waals surface area contributed by atoms with Crippen molar-refractivity contribution in [3.05, 3.63) is 35.4 Å². The highest BCUT2D eigenvalue weighted by Crippen LogP contribution is 2.29. The maximum Gasteiger partial charge on any atom is 0.416 e. The van der Waals surface area contributed by atoms with Crippen molar-refractivity contribution in [1.82, 2.24) is 5.32 Å². The quantitative estimate of drug-likeness (QED) is 0.338. The number of hydrogen-bond acceptors (Lipinski definition) is 3. The first kappa shape index (κ1) is 16.8. The molecule has 0 spiro atoms. The van der Waals surface area contributed by atoms with Crippen molar-refractivity contribution in [2.24, 2.45) is 10.9 Å². The first-order chi connectivity index (χ1) is 9.79. The third kappa shape index (κ3) is 4.66. The molecule has 4 N–H and O–H groups in total. The second-order valence-corrected chi connectivity index (χ2v) is 4.41. The molecule has 116 valence electrons. The number of nitrogens with two attached hydrogens (primary N) is 1. The zero-order valence-corrected chi connectivity index (χ0v) is 11.3. The van der Waals surface area contributed by atoms with Crippen LogP contribution in [-0.4, -0.2) is 23.0 Å². The maximum atomic E-state index is 12.4. The van der Waals surface area contributed by atoms with E-state index in [1.807, 2.05) is 6.92 Å². The van der Waals surface area contributed by atoms with Gasteiger partial charge < -0.3 is 16.3 Å². The van der Waals surface area contributed by atoms with E-state index >= 15 is 0 Å². The summed E-state index contributed by atoms with van der Waals surface area (Å²) in [6.07, 6.45) is -3.33. The van der Waals surface area contributed by atoms with Crippen LogP contribution in [0, 0.1) is 0 Å². The largest absolute Gasteiger partial charge is 0.416 e. The number of oxime groups is 1. The SMILES string of the molecule is CCCC(NC(=O)c1ccc(C(F)(F)F)cc1)/C(N)=N/O. The number of amides is 1. The van der Waals surface area contributed by atoms with Crippen LogP contribution in [0.15, 0.2) is 29.4 Å². The van der Waals surface area contributed by atoms with Crippen LogP contribution in [0.1, 0.15) is 35.7 Å². The number of halogens is 3. The van der Waals surface area contributed by atoms with Crippen LogP contribution < -0.4 is 11.1 Å². The molecular weight excluding hydrogens is 287 g/mol. The second kappa shape index (κ2) is 6.96. The van der Waals surface area contributed by atoms with Gasteiger partial charge in [0.05, 0.1) is 11.6 Å². The van der Waals surface area contributed by atoms with Crippen LogP contribution in [0.3, 0.4) is 0 Å². The molecule has 21 heavy (non-hydrogen) atoms. The van der Waals surface area contributed by atoms with Gasteiger partial charge in [-0.15, -0.1) is 0 Å². The Bertz CT molecular complexity index is 512. The van der Waals surface area contributed by atoms with Crippen LogP contribution in [0.25, 0.3) is 0 Å². The van der Waals surface area contributed by atoms with Crippen molar-refractivity contribution < 1.29 is 23.2 Å². The summed E-state index contributed by atoms with van der Waals surface area (Å²) in [7, 11) is 0. The Morgan fingerprint density at radius 1 is 1.38 bits per heavy atom. The summed E-state index contributed by atoms with van der Waals surface area (Å²) in [6.45, 7) is 1.85. The van der Waals surface area contributed by atoms with Gasteiger partial charge in [-0.05, 0) is 30.7 Å². The monoisotopic (exact) mass is 303 g/mol. The number of carbonyl (C=O) groups excluding carboxylic acids is 1. The Morgan fingerprint density at radius 3 is 2.38 bits per heavy atom. The number of nitrogens with zero attached hydrogens (tertiary/aromatic N) is 1. The van der Waals surface area contributed by atoms with Crippen LogP contribution in [0.2, 0.25) is 0 Å². The summed E-state index contributed by atoms with van der Waals surface area (Å²) in [5.74, 6) is -0.745. The van der Waals surface area contributed by atoms with Gasteiger partial charge in [-0.1, -0.05) is 18.5 Å². The lowest BCUT2D eigenvalue weighted by Crippen LogP contribution is -2.44. The molecule has 0 heterocycles. The highest BCUT2D eigenvalue weighted by Gasteiger charge is 2.30. The Hall–Kier alpha value is -2.25. The van der Waals surface area contributed by atoms with Crippen molar-refractivity contribution in [3.63, 3.8) is 0 Å². The van der Waals surface area contributed by atoms with E-state index in [1.54, 1.807) is 0 Å². The Labute approximate surface area is 119 Å². The Kier molecular flexibility index (Phi) is 5.57. The molecule has 1 unspecified atom stereocenters. The third-order valence-corrected chi connectivity index (χ3v) is 2.83. The molecule has 0 fully saturated rings. The summed E-state index contributed by atoms with van der Waals surface area (Å²) in [6, 6.07) is 3.14. The van der Waals surface area contributed by atoms with Crippen LogP contribution >= 0.6 is 0 Å². The Morgan fingerprint density at radius 2 is 1.95 bits per heavy atom. The van der Waals surface area contributed by atoms with Gasteiger partial charge in [0, 0.05) is 5.56 Å². The van der Waals surface area contributed by atoms with E-state index in [0.29, 0.717) is 12.8 Å². The van der Waals surface area contributed by atoms with Crippen molar-refractivity contribution >= 4 is 11.7 Å². The summed E-state index contributed by atoms with van der Waals surface area (Å²) in [5, 5.41) is 14.0. The summed E-state index contributed by atoms with van der Waals surface area (Å²) in [5.41, 5.74) is 4.68. The molecule has 0 aliphatic rings. The highest BCUT2D eigenvalue weighted by atomic mass is 19.4. The number of hydrogen-bond donors (Lipinski definition) is 3. The number of rotatable bonds is 5. The van der Waals surface area contributed by atoms with E-state index in [9.17, 15) is 18.0 Å². The minimum atomic E-state index is -4.45. The topological polar surface area (TPSA) is 87.7 Å². The summed E-state index contributed by atoms with van der Waals surface area (Å²) < 4.78 is 37.3. The van der Waals surface area contributed by atoms with Gasteiger partial charge in [-0.2, -0.15) is 13.2 Å². The molecular formula is C13H16F3N3O2. The van der Waals surface area contributed by atoms with Gasteiger partial charge in [0.15, 0.2) is 5.84 Å². The fourth-order valence-corrected chi connectivity index (χ4v) is 1.70. The lowest BCUT2D eigenvalue weighted by Gasteiger charge is -2.16. The lowest BCUT2D eigenvalue weighted by atomic mass is 10.1. The molecule has 0 bridgehead atoms. The average molecular weight is 303 g/mol. The molecule has 1 aromatic carbocycles. The van der Waals surface area contributed by atoms with Gasteiger partial charge in [0.2, 0.25) is 0 Å². The second-order valence-electron chi connectivity index (χ2n) is 4.41. The average Bonchev–Trinajstić information content (AvgIpc) is 2.45. The van der Waals surface area contributed by atoms with Gasteiger partial charge in [0.1, 0.15) is 0 Å². The van der Waals surface area contributed by atoms with Crippen molar-refractivity contribution in [3.8, 4) is 0 Å². The number of nitrogens with one attached hydrogen (secondary N) is 1.